The Bertz CT molecular complexity index is 220. The summed E-state index contributed by atoms with van der Waals surface area (Å²) in [4.78, 5) is 2.73. The molecule has 1 aliphatic rings. The van der Waals surface area contributed by atoms with E-state index in [2.05, 4.69) is 16.9 Å². The third-order valence-electron chi connectivity index (χ3n) is 3.19. The van der Waals surface area contributed by atoms with Crippen molar-refractivity contribution in [1.82, 2.24) is 0 Å². The molecule has 3 atom stereocenters. The van der Waals surface area contributed by atoms with Crippen LogP contribution in [0.15, 0.2) is 5.11 Å². The second-order valence-electron chi connectivity index (χ2n) is 4.18. The summed E-state index contributed by atoms with van der Waals surface area (Å²) in [5, 5.41) is 13.3. The van der Waals surface area contributed by atoms with Gasteiger partial charge in [0.25, 0.3) is 0 Å². The minimum atomic E-state index is -0.497. The van der Waals surface area contributed by atoms with Gasteiger partial charge >= 0.3 is 0 Å². The maximum absolute atomic E-state index is 9.75. The lowest BCUT2D eigenvalue weighted by atomic mass is 9.81. The minimum absolute atomic E-state index is 0.126. The van der Waals surface area contributed by atoms with Gasteiger partial charge in [-0.25, -0.2) is 0 Å². The van der Waals surface area contributed by atoms with Gasteiger partial charge in [-0.1, -0.05) is 25.9 Å². The Hall–Kier alpha value is -0.730. The number of rotatable bonds is 1. The van der Waals surface area contributed by atoms with E-state index in [9.17, 15) is 5.11 Å². The molecule has 1 fully saturated rings. The maximum atomic E-state index is 9.75. The van der Waals surface area contributed by atoms with E-state index in [1.165, 1.54) is 0 Å². The highest BCUT2D eigenvalue weighted by Crippen LogP contribution is 2.43. The SMILES string of the molecule is CC1C[C@@H](N=[N+]=[N-])[C@@H](O)C1(C)C. The van der Waals surface area contributed by atoms with Crippen LogP contribution in [0.5, 0.6) is 0 Å². The molecule has 68 valence electrons. The van der Waals surface area contributed by atoms with Crippen LogP contribution >= 0.6 is 0 Å². The molecule has 0 aromatic heterocycles. The summed E-state index contributed by atoms with van der Waals surface area (Å²) in [6.45, 7) is 6.10. The van der Waals surface area contributed by atoms with E-state index in [0.717, 1.165) is 6.42 Å². The molecule has 0 radical (unpaired) electrons. The molecule has 0 heterocycles. The van der Waals surface area contributed by atoms with Gasteiger partial charge in [-0.2, -0.15) is 0 Å². The van der Waals surface area contributed by atoms with Crippen LogP contribution in [0, 0.1) is 11.3 Å². The molecule has 1 rings (SSSR count). The van der Waals surface area contributed by atoms with Gasteiger partial charge in [-0.05, 0) is 23.3 Å². The van der Waals surface area contributed by atoms with Crippen LogP contribution in [0.4, 0.5) is 0 Å². The standard InChI is InChI=1S/C8H15N3O/c1-5-4-6(10-11-9)7(12)8(5,2)3/h5-7,12H,4H2,1-3H3/t5?,6-,7-/m1/s1. The predicted molar refractivity (Wildman–Crippen MR) is 46.5 cm³/mol. The maximum Gasteiger partial charge on any atom is 0.0678 e. The molecule has 1 aliphatic carbocycles. The number of azide groups is 1. The Morgan fingerprint density at radius 2 is 2.17 bits per heavy atom. The van der Waals surface area contributed by atoms with Crippen LogP contribution in [0.1, 0.15) is 27.2 Å². The highest BCUT2D eigenvalue weighted by Gasteiger charge is 2.45. The molecule has 1 saturated carbocycles. The van der Waals surface area contributed by atoms with Crippen molar-refractivity contribution >= 4 is 0 Å². The molecular formula is C8H15N3O. The highest BCUT2D eigenvalue weighted by atomic mass is 16.3. The van der Waals surface area contributed by atoms with E-state index < -0.39 is 6.10 Å². The fraction of sp³-hybridized carbons (Fsp3) is 1.00. The van der Waals surface area contributed by atoms with Crippen molar-refractivity contribution in [2.75, 3.05) is 0 Å². The molecule has 0 aromatic rings. The normalized spacial score (nSPS) is 39.2. The molecule has 0 aliphatic heterocycles. The van der Waals surface area contributed by atoms with Crippen molar-refractivity contribution in [3.8, 4) is 0 Å². The van der Waals surface area contributed by atoms with Crippen molar-refractivity contribution in [1.29, 1.82) is 0 Å². The zero-order valence-corrected chi connectivity index (χ0v) is 7.73. The fourth-order valence-electron chi connectivity index (χ4n) is 1.76. The molecule has 1 N–H and O–H groups in total. The third-order valence-corrected chi connectivity index (χ3v) is 3.19. The summed E-state index contributed by atoms with van der Waals surface area (Å²) >= 11 is 0. The first kappa shape index (κ1) is 9.36. The van der Waals surface area contributed by atoms with Crippen molar-refractivity contribution in [2.24, 2.45) is 16.4 Å². The van der Waals surface area contributed by atoms with Crippen molar-refractivity contribution < 1.29 is 5.11 Å². The van der Waals surface area contributed by atoms with Gasteiger partial charge in [-0.3, -0.25) is 0 Å². The zero-order valence-electron chi connectivity index (χ0n) is 7.73. The Labute approximate surface area is 72.2 Å². The van der Waals surface area contributed by atoms with Crippen LogP contribution in [0.25, 0.3) is 10.4 Å². The van der Waals surface area contributed by atoms with E-state index in [4.69, 9.17) is 5.53 Å². The first-order chi connectivity index (χ1) is 5.50. The van der Waals surface area contributed by atoms with Gasteiger partial charge in [-0.15, -0.1) is 0 Å². The Kier molecular flexibility index (Phi) is 2.31. The molecule has 0 amide bonds. The average Bonchev–Trinajstić information content (AvgIpc) is 2.17. The number of hydrogen-bond donors (Lipinski definition) is 1. The fourth-order valence-corrected chi connectivity index (χ4v) is 1.76. The quantitative estimate of drug-likeness (QED) is 0.364. The lowest BCUT2D eigenvalue weighted by Gasteiger charge is -2.27. The van der Waals surface area contributed by atoms with Crippen LogP contribution < -0.4 is 0 Å². The lowest BCUT2D eigenvalue weighted by molar-refractivity contribution is 0.0504. The Morgan fingerprint density at radius 1 is 1.58 bits per heavy atom. The monoisotopic (exact) mass is 169 g/mol. The third kappa shape index (κ3) is 1.28. The molecule has 0 aromatic carbocycles. The lowest BCUT2D eigenvalue weighted by Crippen LogP contribution is -2.32. The molecular weight excluding hydrogens is 154 g/mol. The van der Waals surface area contributed by atoms with Gasteiger partial charge in [0.05, 0.1) is 12.1 Å². The second kappa shape index (κ2) is 2.96. The van der Waals surface area contributed by atoms with Crippen LogP contribution in [0.2, 0.25) is 0 Å². The van der Waals surface area contributed by atoms with Crippen molar-refractivity contribution in [3.05, 3.63) is 10.4 Å². The number of aliphatic hydroxyl groups is 1. The zero-order chi connectivity index (χ0) is 9.35. The van der Waals surface area contributed by atoms with Crippen molar-refractivity contribution in [2.45, 2.75) is 39.3 Å². The summed E-state index contributed by atoms with van der Waals surface area (Å²) in [6, 6.07) is -0.236. The summed E-state index contributed by atoms with van der Waals surface area (Å²) in [7, 11) is 0. The van der Waals surface area contributed by atoms with Gasteiger partial charge in [0.15, 0.2) is 0 Å². The van der Waals surface area contributed by atoms with Gasteiger partial charge in [0.1, 0.15) is 0 Å². The minimum Gasteiger partial charge on any atom is -0.392 e. The number of nitrogens with zero attached hydrogens (tertiary/aromatic N) is 3. The first-order valence-electron chi connectivity index (χ1n) is 4.22. The molecule has 0 bridgehead atoms. The summed E-state index contributed by atoms with van der Waals surface area (Å²) in [5.74, 6) is 0.406. The molecule has 4 nitrogen and oxygen atoms in total. The molecule has 0 saturated heterocycles. The smallest absolute Gasteiger partial charge is 0.0678 e. The Morgan fingerprint density at radius 3 is 2.50 bits per heavy atom. The van der Waals surface area contributed by atoms with Gasteiger partial charge in [0.2, 0.25) is 0 Å². The molecule has 1 unspecified atom stereocenters. The largest absolute Gasteiger partial charge is 0.392 e. The topological polar surface area (TPSA) is 69.0 Å². The summed E-state index contributed by atoms with van der Waals surface area (Å²) in [6.07, 6.45) is 0.293. The summed E-state index contributed by atoms with van der Waals surface area (Å²) < 4.78 is 0. The van der Waals surface area contributed by atoms with Gasteiger partial charge < -0.3 is 5.11 Å². The van der Waals surface area contributed by atoms with E-state index >= 15 is 0 Å². The van der Waals surface area contributed by atoms with E-state index in [0.29, 0.717) is 5.92 Å². The van der Waals surface area contributed by atoms with Crippen LogP contribution in [-0.4, -0.2) is 17.3 Å². The second-order valence-corrected chi connectivity index (χ2v) is 4.18. The van der Waals surface area contributed by atoms with E-state index in [-0.39, 0.29) is 11.5 Å². The Balaban J connectivity index is 2.82. The first-order valence-corrected chi connectivity index (χ1v) is 4.22. The van der Waals surface area contributed by atoms with Crippen molar-refractivity contribution in [3.63, 3.8) is 0 Å². The van der Waals surface area contributed by atoms with E-state index in [1.807, 2.05) is 13.8 Å². The number of hydrogen-bond acceptors (Lipinski definition) is 2. The highest BCUT2D eigenvalue weighted by molar-refractivity contribution is 4.99. The molecule has 4 heteroatoms. The average molecular weight is 169 g/mol. The van der Waals surface area contributed by atoms with E-state index in [1.54, 1.807) is 0 Å². The van der Waals surface area contributed by atoms with Crippen LogP contribution in [-0.2, 0) is 0 Å². The predicted octanol–water partition coefficient (Wildman–Crippen LogP) is 2.09. The summed E-state index contributed by atoms with van der Waals surface area (Å²) in [5.41, 5.74) is 8.12. The number of aliphatic hydroxyl groups excluding tert-OH is 1. The molecule has 12 heavy (non-hydrogen) atoms. The van der Waals surface area contributed by atoms with Gasteiger partial charge in [0, 0.05) is 4.91 Å². The van der Waals surface area contributed by atoms with Crippen LogP contribution in [0.3, 0.4) is 0 Å². The molecule has 0 spiro atoms.